The van der Waals surface area contributed by atoms with E-state index in [-0.39, 0.29) is 0 Å². The van der Waals surface area contributed by atoms with Crippen molar-refractivity contribution in [3.8, 4) is 22.8 Å². The largest absolute Gasteiger partial charge is 0.491 e. The second-order valence-electron chi connectivity index (χ2n) is 6.77. The van der Waals surface area contributed by atoms with Crippen LogP contribution in [0.15, 0.2) is 72.1 Å². The predicted octanol–water partition coefficient (Wildman–Crippen LogP) is 5.77. The smallest absolute Gasteiger partial charge is 0.196 e. The third-order valence-electron chi connectivity index (χ3n) is 4.73. The first-order valence-corrected chi connectivity index (χ1v) is 10.9. The van der Waals surface area contributed by atoms with Gasteiger partial charge in [-0.1, -0.05) is 41.6 Å². The minimum atomic E-state index is 0.513. The van der Waals surface area contributed by atoms with Crippen LogP contribution < -0.4 is 4.74 Å². The van der Waals surface area contributed by atoms with Crippen molar-refractivity contribution in [2.75, 3.05) is 12.4 Å². The second kappa shape index (κ2) is 9.32. The van der Waals surface area contributed by atoms with Gasteiger partial charge in [-0.2, -0.15) is 0 Å². The molecule has 4 rings (SSSR count). The number of benzene rings is 2. The Morgan fingerprint density at radius 2 is 1.77 bits per heavy atom. The summed E-state index contributed by atoms with van der Waals surface area (Å²) in [5, 5.41) is 10.3. The maximum absolute atomic E-state index is 6.16. The van der Waals surface area contributed by atoms with Crippen LogP contribution in [0.1, 0.15) is 11.1 Å². The van der Waals surface area contributed by atoms with Gasteiger partial charge in [-0.25, -0.2) is 0 Å². The number of para-hydroxylation sites is 1. The standard InChI is InChI=1S/C23H21ClN4OS/c1-16-7-8-19(15-17(16)2)28-22(18-9-11-25-12-10-18)26-27-23(28)30-14-13-29-21-6-4-3-5-20(21)24/h3-12,15H,13-14H2,1-2H3. The van der Waals surface area contributed by atoms with Crippen LogP contribution in [-0.2, 0) is 0 Å². The van der Waals surface area contributed by atoms with Gasteiger partial charge < -0.3 is 4.74 Å². The summed E-state index contributed by atoms with van der Waals surface area (Å²) < 4.78 is 7.90. The number of thioether (sulfide) groups is 1. The zero-order valence-electron chi connectivity index (χ0n) is 16.7. The van der Waals surface area contributed by atoms with Crippen molar-refractivity contribution in [2.24, 2.45) is 0 Å². The monoisotopic (exact) mass is 436 g/mol. The molecule has 0 saturated carbocycles. The van der Waals surface area contributed by atoms with Gasteiger partial charge in [0.05, 0.1) is 17.3 Å². The van der Waals surface area contributed by atoms with E-state index in [1.807, 2.05) is 36.4 Å². The van der Waals surface area contributed by atoms with E-state index >= 15 is 0 Å². The van der Waals surface area contributed by atoms with Crippen molar-refractivity contribution in [2.45, 2.75) is 19.0 Å². The highest BCUT2D eigenvalue weighted by Gasteiger charge is 2.16. The molecule has 0 aliphatic carbocycles. The molecule has 2 heterocycles. The van der Waals surface area contributed by atoms with Crippen LogP contribution in [0.5, 0.6) is 5.75 Å². The molecule has 2 aromatic heterocycles. The SMILES string of the molecule is Cc1ccc(-n2c(SCCOc3ccccc3Cl)nnc2-c2ccncc2)cc1C. The molecule has 0 N–H and O–H groups in total. The van der Waals surface area contributed by atoms with E-state index in [0.29, 0.717) is 23.1 Å². The molecule has 0 fully saturated rings. The lowest BCUT2D eigenvalue weighted by molar-refractivity contribution is 0.344. The first-order valence-electron chi connectivity index (χ1n) is 9.57. The Bertz CT molecular complexity index is 1150. The van der Waals surface area contributed by atoms with Crippen molar-refractivity contribution in [1.29, 1.82) is 0 Å². The molecule has 0 radical (unpaired) electrons. The number of hydrogen-bond acceptors (Lipinski definition) is 5. The normalized spacial score (nSPS) is 10.9. The molecule has 2 aromatic carbocycles. The fourth-order valence-corrected chi connectivity index (χ4v) is 3.95. The van der Waals surface area contributed by atoms with E-state index in [1.54, 1.807) is 24.2 Å². The zero-order valence-corrected chi connectivity index (χ0v) is 18.3. The van der Waals surface area contributed by atoms with Gasteiger partial charge in [-0.05, 0) is 61.4 Å². The van der Waals surface area contributed by atoms with E-state index in [9.17, 15) is 0 Å². The molecule has 0 saturated heterocycles. The van der Waals surface area contributed by atoms with Crippen LogP contribution >= 0.6 is 23.4 Å². The van der Waals surface area contributed by atoms with E-state index in [2.05, 4.69) is 51.8 Å². The van der Waals surface area contributed by atoms with Gasteiger partial charge in [-0.3, -0.25) is 9.55 Å². The quantitative estimate of drug-likeness (QED) is 0.272. The van der Waals surface area contributed by atoms with Crippen molar-refractivity contribution < 1.29 is 4.74 Å². The lowest BCUT2D eigenvalue weighted by Crippen LogP contribution is -2.04. The Balaban J connectivity index is 1.59. The summed E-state index contributed by atoms with van der Waals surface area (Å²) in [5.41, 5.74) is 4.47. The molecule has 0 unspecified atom stereocenters. The minimum Gasteiger partial charge on any atom is -0.491 e. The van der Waals surface area contributed by atoms with E-state index in [4.69, 9.17) is 16.3 Å². The third-order valence-corrected chi connectivity index (χ3v) is 5.93. The first-order chi connectivity index (χ1) is 14.6. The number of halogens is 1. The van der Waals surface area contributed by atoms with E-state index < -0.39 is 0 Å². The summed E-state index contributed by atoms with van der Waals surface area (Å²) in [4.78, 5) is 4.11. The molecule has 152 valence electrons. The number of aryl methyl sites for hydroxylation is 2. The summed E-state index contributed by atoms with van der Waals surface area (Å²) in [5.74, 6) is 2.19. The average molecular weight is 437 g/mol. The average Bonchev–Trinajstić information content (AvgIpc) is 3.19. The second-order valence-corrected chi connectivity index (χ2v) is 8.24. The number of hydrogen-bond donors (Lipinski definition) is 0. The van der Waals surface area contributed by atoms with Crippen molar-refractivity contribution in [3.05, 3.63) is 83.1 Å². The highest BCUT2D eigenvalue weighted by molar-refractivity contribution is 7.99. The fourth-order valence-electron chi connectivity index (χ4n) is 3.00. The first kappa shape index (κ1) is 20.4. The van der Waals surface area contributed by atoms with Crippen LogP contribution in [0.4, 0.5) is 0 Å². The summed E-state index contributed by atoms with van der Waals surface area (Å²) in [6, 6.07) is 17.7. The molecule has 0 aliphatic rings. The zero-order chi connectivity index (χ0) is 20.9. The van der Waals surface area contributed by atoms with E-state index in [0.717, 1.165) is 22.2 Å². The fraction of sp³-hybridized carbons (Fsp3) is 0.174. The predicted molar refractivity (Wildman–Crippen MR) is 122 cm³/mol. The highest BCUT2D eigenvalue weighted by Crippen LogP contribution is 2.29. The minimum absolute atomic E-state index is 0.513. The highest BCUT2D eigenvalue weighted by atomic mass is 35.5. The number of rotatable bonds is 7. The Labute approximate surface area is 185 Å². The molecular formula is C23H21ClN4OS. The van der Waals surface area contributed by atoms with E-state index in [1.165, 1.54) is 11.1 Å². The Morgan fingerprint density at radius 1 is 0.967 bits per heavy atom. The van der Waals surface area contributed by atoms with Gasteiger partial charge in [0.15, 0.2) is 11.0 Å². The van der Waals surface area contributed by atoms with Gasteiger partial charge in [-0.15, -0.1) is 10.2 Å². The number of nitrogens with zero attached hydrogens (tertiary/aromatic N) is 4. The maximum atomic E-state index is 6.16. The molecule has 0 atom stereocenters. The molecule has 0 spiro atoms. The molecular weight excluding hydrogens is 416 g/mol. The van der Waals surface area contributed by atoms with Crippen molar-refractivity contribution in [1.82, 2.24) is 19.7 Å². The summed E-state index contributed by atoms with van der Waals surface area (Å²) in [6.45, 7) is 4.73. The van der Waals surface area contributed by atoms with Crippen LogP contribution in [0.3, 0.4) is 0 Å². The van der Waals surface area contributed by atoms with Gasteiger partial charge in [0, 0.05) is 23.7 Å². The summed E-state index contributed by atoms with van der Waals surface area (Å²) >= 11 is 7.76. The van der Waals surface area contributed by atoms with Crippen molar-refractivity contribution in [3.63, 3.8) is 0 Å². The number of aromatic nitrogens is 4. The van der Waals surface area contributed by atoms with Gasteiger partial charge in [0.2, 0.25) is 0 Å². The van der Waals surface area contributed by atoms with Crippen LogP contribution in [0, 0.1) is 13.8 Å². The Hall–Kier alpha value is -2.83. The molecule has 30 heavy (non-hydrogen) atoms. The molecule has 0 bridgehead atoms. The van der Waals surface area contributed by atoms with Crippen LogP contribution in [0.2, 0.25) is 5.02 Å². The maximum Gasteiger partial charge on any atom is 0.196 e. The van der Waals surface area contributed by atoms with Crippen LogP contribution in [0.25, 0.3) is 17.1 Å². The number of ether oxygens (including phenoxy) is 1. The molecule has 0 amide bonds. The molecule has 7 heteroatoms. The van der Waals surface area contributed by atoms with Crippen LogP contribution in [-0.4, -0.2) is 32.1 Å². The molecule has 5 nitrogen and oxygen atoms in total. The molecule has 0 aliphatic heterocycles. The van der Waals surface area contributed by atoms with Gasteiger partial charge >= 0.3 is 0 Å². The lowest BCUT2D eigenvalue weighted by Gasteiger charge is -2.12. The summed E-state index contributed by atoms with van der Waals surface area (Å²) in [7, 11) is 0. The lowest BCUT2D eigenvalue weighted by atomic mass is 10.1. The summed E-state index contributed by atoms with van der Waals surface area (Å²) in [6.07, 6.45) is 3.53. The van der Waals surface area contributed by atoms with Crippen molar-refractivity contribution >= 4 is 23.4 Å². The molecule has 4 aromatic rings. The van der Waals surface area contributed by atoms with Gasteiger partial charge in [0.25, 0.3) is 0 Å². The third kappa shape index (κ3) is 4.50. The van der Waals surface area contributed by atoms with Gasteiger partial charge in [0.1, 0.15) is 5.75 Å². The Morgan fingerprint density at radius 3 is 2.53 bits per heavy atom. The number of pyridine rings is 1. The topological polar surface area (TPSA) is 52.8 Å². The Kier molecular flexibility index (Phi) is 6.35.